The molecule has 0 unspecified atom stereocenters. The predicted molar refractivity (Wildman–Crippen MR) is 134 cm³/mol. The smallest absolute Gasteiger partial charge is 0.271 e. The molecule has 2 aliphatic heterocycles. The molecule has 1 N–H and O–H groups in total. The Kier molecular flexibility index (Phi) is 4.57. The third-order valence-corrected chi connectivity index (χ3v) is 7.10. The lowest BCUT2D eigenvalue weighted by Gasteiger charge is -2.17. The summed E-state index contributed by atoms with van der Waals surface area (Å²) in [6.07, 6.45) is 6.01. The van der Waals surface area contributed by atoms with E-state index in [9.17, 15) is 19.7 Å². The van der Waals surface area contributed by atoms with Gasteiger partial charge in [0, 0.05) is 79.3 Å². The van der Waals surface area contributed by atoms with Gasteiger partial charge in [-0.1, -0.05) is 6.07 Å². The summed E-state index contributed by atoms with van der Waals surface area (Å²) in [5.41, 5.74) is 4.58. The van der Waals surface area contributed by atoms with Crippen LogP contribution in [-0.2, 0) is 23.7 Å². The summed E-state index contributed by atoms with van der Waals surface area (Å²) >= 11 is 0. The minimum atomic E-state index is -0.471. The van der Waals surface area contributed by atoms with Crippen LogP contribution in [0.1, 0.15) is 24.0 Å². The first-order valence-electron chi connectivity index (χ1n) is 11.5. The average Bonchev–Trinajstić information content (AvgIpc) is 3.60. The van der Waals surface area contributed by atoms with Crippen LogP contribution in [0, 0.1) is 10.1 Å². The van der Waals surface area contributed by atoms with E-state index in [0.717, 1.165) is 29.7 Å². The molecule has 2 aromatic heterocycles. The van der Waals surface area contributed by atoms with E-state index >= 15 is 0 Å². The molecule has 1 saturated heterocycles. The van der Waals surface area contributed by atoms with Crippen molar-refractivity contribution in [2.24, 2.45) is 14.1 Å². The van der Waals surface area contributed by atoms with Crippen molar-refractivity contribution in [1.29, 1.82) is 0 Å². The molecule has 0 radical (unpaired) electrons. The molecule has 1 fully saturated rings. The molecule has 2 aliphatic rings. The van der Waals surface area contributed by atoms with E-state index in [2.05, 4.69) is 22.3 Å². The molecule has 0 atom stereocenters. The van der Waals surface area contributed by atoms with Crippen molar-refractivity contribution in [3.8, 4) is 0 Å². The van der Waals surface area contributed by atoms with Crippen LogP contribution < -0.4 is 10.2 Å². The van der Waals surface area contributed by atoms with E-state index < -0.39 is 16.7 Å². The Morgan fingerprint density at radius 1 is 0.829 bits per heavy atom. The van der Waals surface area contributed by atoms with Crippen molar-refractivity contribution in [2.75, 3.05) is 18.0 Å². The van der Waals surface area contributed by atoms with Gasteiger partial charge in [0.05, 0.1) is 27.1 Å². The Bertz CT molecular complexity index is 1620. The van der Waals surface area contributed by atoms with Crippen LogP contribution in [0.3, 0.4) is 0 Å². The van der Waals surface area contributed by atoms with Crippen molar-refractivity contribution < 1.29 is 14.5 Å². The molecule has 0 spiro atoms. The van der Waals surface area contributed by atoms with Gasteiger partial charge in [-0.15, -0.1) is 0 Å². The van der Waals surface area contributed by atoms with Gasteiger partial charge >= 0.3 is 0 Å². The summed E-state index contributed by atoms with van der Waals surface area (Å²) in [6, 6.07) is 10.8. The standard InChI is InChI=1S/C26H23N5O4/c1-28-13-19(17-7-5-15(11-21(17)28)30-9-3-4-10-30)23-24(26(33)27-25(23)32)20-14-29(2)22-12-16(31(34)35)6-8-18(20)22/h5-8,11-14H,3-4,9-10H2,1-2H3,(H,27,32,33). The number of hydrogen-bond acceptors (Lipinski definition) is 5. The van der Waals surface area contributed by atoms with Crippen LogP contribution in [0.25, 0.3) is 33.0 Å². The molecular weight excluding hydrogens is 446 g/mol. The number of rotatable bonds is 4. The highest BCUT2D eigenvalue weighted by Crippen LogP contribution is 2.40. The third kappa shape index (κ3) is 3.15. The topological polar surface area (TPSA) is 102 Å². The van der Waals surface area contributed by atoms with Gasteiger partial charge in [-0.05, 0) is 31.0 Å². The van der Waals surface area contributed by atoms with Crippen molar-refractivity contribution in [2.45, 2.75) is 12.8 Å². The zero-order chi connectivity index (χ0) is 24.4. The van der Waals surface area contributed by atoms with Gasteiger partial charge in [-0.3, -0.25) is 25.0 Å². The Balaban J connectivity index is 1.57. The Morgan fingerprint density at radius 2 is 1.37 bits per heavy atom. The SMILES string of the molecule is Cn1cc(C2=C(c3cn(C)c4cc([N+](=O)[O-])ccc34)C(=O)NC2=O)c2ccc(N3CCCC3)cc21. The molecular formula is C26H23N5O4. The molecule has 176 valence electrons. The van der Waals surface area contributed by atoms with Crippen LogP contribution in [-0.4, -0.2) is 39.0 Å². The molecule has 9 nitrogen and oxygen atoms in total. The number of nitrogens with one attached hydrogen (secondary N) is 1. The van der Waals surface area contributed by atoms with Crippen LogP contribution in [0.5, 0.6) is 0 Å². The number of aryl methyl sites for hydroxylation is 2. The van der Waals surface area contributed by atoms with Crippen LogP contribution in [0.15, 0.2) is 48.8 Å². The zero-order valence-electron chi connectivity index (χ0n) is 19.4. The molecule has 9 heteroatoms. The zero-order valence-corrected chi connectivity index (χ0v) is 19.4. The Labute approximate surface area is 200 Å². The van der Waals surface area contributed by atoms with Crippen molar-refractivity contribution in [3.63, 3.8) is 0 Å². The fourth-order valence-electron chi connectivity index (χ4n) is 5.40. The van der Waals surface area contributed by atoms with Gasteiger partial charge in [0.25, 0.3) is 17.5 Å². The predicted octanol–water partition coefficient (Wildman–Crippen LogP) is 3.75. The molecule has 0 saturated carbocycles. The first-order valence-corrected chi connectivity index (χ1v) is 11.5. The fourth-order valence-corrected chi connectivity index (χ4v) is 5.40. The Morgan fingerprint density at radius 3 is 1.94 bits per heavy atom. The van der Waals surface area contributed by atoms with E-state index in [1.807, 2.05) is 23.9 Å². The molecule has 2 amide bonds. The summed E-state index contributed by atoms with van der Waals surface area (Å²) < 4.78 is 3.72. The van der Waals surface area contributed by atoms with E-state index in [0.29, 0.717) is 27.6 Å². The molecule has 0 aliphatic carbocycles. The largest absolute Gasteiger partial charge is 0.371 e. The quantitative estimate of drug-likeness (QED) is 0.279. The molecule has 35 heavy (non-hydrogen) atoms. The molecule has 4 aromatic rings. The fraction of sp³-hybridized carbons (Fsp3) is 0.231. The van der Waals surface area contributed by atoms with Gasteiger partial charge < -0.3 is 14.0 Å². The monoisotopic (exact) mass is 469 g/mol. The number of carbonyl (C=O) groups excluding carboxylic acids is 2. The minimum Gasteiger partial charge on any atom is -0.371 e. The number of aromatic nitrogens is 2. The molecule has 0 bridgehead atoms. The number of hydrogen-bond donors (Lipinski definition) is 1. The minimum absolute atomic E-state index is 0.0331. The number of amides is 2. The molecule has 6 rings (SSSR count). The highest BCUT2D eigenvalue weighted by molar-refractivity contribution is 6.50. The Hall–Kier alpha value is -4.40. The van der Waals surface area contributed by atoms with Gasteiger partial charge in [0.1, 0.15) is 0 Å². The number of carbonyl (C=O) groups is 2. The summed E-state index contributed by atoms with van der Waals surface area (Å²) in [5, 5.41) is 15.3. The second-order valence-corrected chi connectivity index (χ2v) is 9.19. The summed E-state index contributed by atoms with van der Waals surface area (Å²) in [6.45, 7) is 2.07. The molecule has 4 heterocycles. The number of fused-ring (bicyclic) bond motifs is 2. The third-order valence-electron chi connectivity index (χ3n) is 7.10. The van der Waals surface area contributed by atoms with Gasteiger partial charge in [-0.2, -0.15) is 0 Å². The number of non-ortho nitro benzene ring substituents is 1. The summed E-state index contributed by atoms with van der Waals surface area (Å²) in [5.74, 6) is -0.915. The van der Waals surface area contributed by atoms with Crippen LogP contribution in [0.4, 0.5) is 11.4 Å². The average molecular weight is 470 g/mol. The van der Waals surface area contributed by atoms with E-state index in [1.54, 1.807) is 23.9 Å². The van der Waals surface area contributed by atoms with E-state index in [1.165, 1.54) is 25.0 Å². The van der Waals surface area contributed by atoms with Gasteiger partial charge in [-0.25, -0.2) is 0 Å². The van der Waals surface area contributed by atoms with E-state index in [-0.39, 0.29) is 11.3 Å². The lowest BCUT2D eigenvalue weighted by atomic mass is 9.95. The van der Waals surface area contributed by atoms with Gasteiger partial charge in [0.2, 0.25) is 0 Å². The maximum atomic E-state index is 13.1. The summed E-state index contributed by atoms with van der Waals surface area (Å²) in [7, 11) is 3.70. The normalized spacial score (nSPS) is 16.2. The maximum Gasteiger partial charge on any atom is 0.271 e. The molecule has 2 aromatic carbocycles. The van der Waals surface area contributed by atoms with Crippen molar-refractivity contribution >= 4 is 56.1 Å². The maximum absolute atomic E-state index is 13.1. The van der Waals surface area contributed by atoms with Crippen molar-refractivity contribution in [3.05, 3.63) is 70.0 Å². The first kappa shape index (κ1) is 21.2. The highest BCUT2D eigenvalue weighted by atomic mass is 16.6. The number of imide groups is 1. The highest BCUT2D eigenvalue weighted by Gasteiger charge is 2.35. The number of nitro benzene ring substituents is 1. The first-order chi connectivity index (χ1) is 16.8. The second-order valence-electron chi connectivity index (χ2n) is 9.19. The van der Waals surface area contributed by atoms with Gasteiger partial charge in [0.15, 0.2) is 0 Å². The number of benzene rings is 2. The summed E-state index contributed by atoms with van der Waals surface area (Å²) in [4.78, 5) is 39.3. The van der Waals surface area contributed by atoms with Crippen LogP contribution >= 0.6 is 0 Å². The second kappa shape index (κ2) is 7.56. The van der Waals surface area contributed by atoms with E-state index in [4.69, 9.17) is 0 Å². The lowest BCUT2D eigenvalue weighted by molar-refractivity contribution is -0.384. The number of nitrogens with zero attached hydrogens (tertiary/aromatic N) is 4. The number of anilines is 1. The lowest BCUT2D eigenvalue weighted by Crippen LogP contribution is -2.22. The van der Waals surface area contributed by atoms with Crippen LogP contribution in [0.2, 0.25) is 0 Å². The number of nitro groups is 1. The van der Waals surface area contributed by atoms with Crippen molar-refractivity contribution in [1.82, 2.24) is 14.5 Å².